The Morgan fingerprint density at radius 1 is 0.690 bits per heavy atom. The molecule has 1 fully saturated rings. The third kappa shape index (κ3) is 2.15. The van der Waals surface area contributed by atoms with E-state index in [0.717, 1.165) is 37.5 Å². The van der Waals surface area contributed by atoms with E-state index in [1.165, 1.54) is 35.1 Å². The maximum atomic E-state index is 6.55. The molecular formula is C25H24N2O2. The Hall–Kier alpha value is -2.62. The largest absolute Gasteiger partial charge is 0.474 e. The molecule has 0 amide bonds. The van der Waals surface area contributed by atoms with Crippen LogP contribution in [-0.4, -0.2) is 24.0 Å². The van der Waals surface area contributed by atoms with Gasteiger partial charge in [0.2, 0.25) is 0 Å². The van der Waals surface area contributed by atoms with Crippen molar-refractivity contribution in [3.05, 3.63) is 70.8 Å². The first-order valence-electron chi connectivity index (χ1n) is 11.0. The molecule has 0 N–H and O–H groups in total. The van der Waals surface area contributed by atoms with Gasteiger partial charge in [0.05, 0.1) is 0 Å². The molecular weight excluding hydrogens is 360 g/mol. The van der Waals surface area contributed by atoms with Gasteiger partial charge >= 0.3 is 0 Å². The first kappa shape index (κ1) is 16.2. The van der Waals surface area contributed by atoms with E-state index in [4.69, 9.17) is 19.5 Å². The lowest BCUT2D eigenvalue weighted by molar-refractivity contribution is 0.164. The lowest BCUT2D eigenvalue weighted by Gasteiger charge is -2.29. The van der Waals surface area contributed by atoms with E-state index < -0.39 is 0 Å². The molecule has 146 valence electrons. The van der Waals surface area contributed by atoms with Crippen molar-refractivity contribution in [1.29, 1.82) is 0 Å². The minimum atomic E-state index is -0.251. The van der Waals surface area contributed by atoms with Crippen LogP contribution in [0.2, 0.25) is 0 Å². The molecule has 0 saturated heterocycles. The number of rotatable bonds is 2. The predicted octanol–water partition coefficient (Wildman–Crippen LogP) is 4.74. The van der Waals surface area contributed by atoms with Crippen molar-refractivity contribution in [1.82, 2.24) is 0 Å². The standard InChI is InChI=1S/C25H24N2O2/c1-3-9-17-15(7-1)13-19-21(17)26-23(28-19)25(11-5-6-12-25)24-27-22-18-10-4-2-8-16(18)14-20(22)29-24/h1-4,7-10,19-22H,5-6,11-14H2/t19-,20-,21+,22+/m0/s1. The molecule has 4 nitrogen and oxygen atoms in total. The van der Waals surface area contributed by atoms with Gasteiger partial charge in [-0.05, 0) is 35.1 Å². The van der Waals surface area contributed by atoms with Gasteiger partial charge in [-0.1, -0.05) is 61.4 Å². The molecule has 3 aliphatic carbocycles. The number of benzene rings is 2. The van der Waals surface area contributed by atoms with Crippen molar-refractivity contribution < 1.29 is 9.47 Å². The van der Waals surface area contributed by atoms with Gasteiger partial charge in [-0.2, -0.15) is 0 Å². The number of nitrogens with zero attached hydrogens (tertiary/aromatic N) is 2. The topological polar surface area (TPSA) is 43.2 Å². The van der Waals surface area contributed by atoms with Gasteiger partial charge in [0.25, 0.3) is 0 Å². The van der Waals surface area contributed by atoms with Gasteiger partial charge in [-0.15, -0.1) is 0 Å². The van der Waals surface area contributed by atoms with Gasteiger partial charge in [0, 0.05) is 12.8 Å². The Morgan fingerprint density at radius 3 is 1.69 bits per heavy atom. The summed E-state index contributed by atoms with van der Waals surface area (Å²) in [5.41, 5.74) is 5.18. The summed E-state index contributed by atoms with van der Waals surface area (Å²) in [4.78, 5) is 10.3. The van der Waals surface area contributed by atoms with Crippen LogP contribution >= 0.6 is 0 Å². The molecule has 2 aromatic carbocycles. The van der Waals surface area contributed by atoms with Crippen LogP contribution in [0, 0.1) is 5.41 Å². The molecule has 0 unspecified atom stereocenters. The second-order valence-corrected chi connectivity index (χ2v) is 9.17. The van der Waals surface area contributed by atoms with E-state index in [1.807, 2.05) is 0 Å². The number of hydrogen-bond acceptors (Lipinski definition) is 4. The van der Waals surface area contributed by atoms with Gasteiger partial charge in [0.15, 0.2) is 11.8 Å². The Balaban J connectivity index is 1.27. The third-order valence-corrected chi connectivity index (χ3v) is 7.61. The monoisotopic (exact) mass is 384 g/mol. The number of ether oxygens (including phenoxy) is 2. The molecule has 4 atom stereocenters. The highest BCUT2D eigenvalue weighted by atomic mass is 16.5. The molecule has 2 heterocycles. The smallest absolute Gasteiger partial charge is 0.200 e. The average molecular weight is 384 g/mol. The van der Waals surface area contributed by atoms with E-state index in [9.17, 15) is 0 Å². The number of fused-ring (bicyclic) bond motifs is 6. The molecule has 7 rings (SSSR count). The molecule has 2 aromatic rings. The minimum Gasteiger partial charge on any atom is -0.474 e. The number of aliphatic imine (C=N–C) groups is 2. The van der Waals surface area contributed by atoms with Crippen molar-refractivity contribution in [3.8, 4) is 0 Å². The van der Waals surface area contributed by atoms with Crippen molar-refractivity contribution in [2.24, 2.45) is 15.4 Å². The zero-order valence-electron chi connectivity index (χ0n) is 16.4. The summed E-state index contributed by atoms with van der Waals surface area (Å²) in [6, 6.07) is 17.6. The molecule has 0 aromatic heterocycles. The zero-order valence-corrected chi connectivity index (χ0v) is 16.4. The molecule has 2 aliphatic heterocycles. The van der Waals surface area contributed by atoms with Gasteiger partial charge in [-0.3, -0.25) is 0 Å². The molecule has 4 heteroatoms. The lowest BCUT2D eigenvalue weighted by atomic mass is 9.85. The maximum absolute atomic E-state index is 6.55. The van der Waals surface area contributed by atoms with E-state index in [2.05, 4.69) is 48.5 Å². The number of hydrogen-bond donors (Lipinski definition) is 0. The summed E-state index contributed by atoms with van der Waals surface area (Å²) in [6.07, 6.45) is 6.63. The van der Waals surface area contributed by atoms with Gasteiger partial charge in [-0.25, -0.2) is 9.98 Å². The Kier molecular flexibility index (Phi) is 3.19. The van der Waals surface area contributed by atoms with Crippen LogP contribution < -0.4 is 0 Å². The predicted molar refractivity (Wildman–Crippen MR) is 111 cm³/mol. The van der Waals surface area contributed by atoms with Crippen LogP contribution in [0.1, 0.15) is 60.0 Å². The Bertz CT molecular complexity index is 986. The van der Waals surface area contributed by atoms with Crippen LogP contribution in [0.15, 0.2) is 58.5 Å². The molecule has 29 heavy (non-hydrogen) atoms. The van der Waals surface area contributed by atoms with Crippen molar-refractivity contribution in [2.45, 2.75) is 62.8 Å². The Morgan fingerprint density at radius 2 is 1.17 bits per heavy atom. The zero-order chi connectivity index (χ0) is 19.0. The summed E-state index contributed by atoms with van der Waals surface area (Å²) in [7, 11) is 0. The average Bonchev–Trinajstić information content (AvgIpc) is 3.51. The van der Waals surface area contributed by atoms with Crippen LogP contribution in [0.3, 0.4) is 0 Å². The van der Waals surface area contributed by atoms with E-state index >= 15 is 0 Å². The molecule has 5 aliphatic rings. The van der Waals surface area contributed by atoms with Crippen molar-refractivity contribution >= 4 is 11.8 Å². The molecule has 1 saturated carbocycles. The van der Waals surface area contributed by atoms with Crippen LogP contribution in [-0.2, 0) is 22.3 Å². The Labute approximate surface area is 170 Å². The van der Waals surface area contributed by atoms with Crippen molar-refractivity contribution in [2.75, 3.05) is 0 Å². The highest BCUT2D eigenvalue weighted by Crippen LogP contribution is 2.52. The van der Waals surface area contributed by atoms with Crippen LogP contribution in [0.4, 0.5) is 0 Å². The third-order valence-electron chi connectivity index (χ3n) is 7.61. The summed E-state index contributed by atoms with van der Waals surface area (Å²) < 4.78 is 13.1. The normalized spacial score (nSPS) is 32.6. The molecule has 0 bridgehead atoms. The van der Waals surface area contributed by atoms with Crippen LogP contribution in [0.5, 0.6) is 0 Å². The summed E-state index contributed by atoms with van der Waals surface area (Å²) in [5.74, 6) is 1.79. The van der Waals surface area contributed by atoms with E-state index in [-0.39, 0.29) is 29.7 Å². The summed E-state index contributed by atoms with van der Waals surface area (Å²) >= 11 is 0. The summed E-state index contributed by atoms with van der Waals surface area (Å²) in [6.45, 7) is 0. The highest BCUT2D eigenvalue weighted by Gasteiger charge is 2.55. The second kappa shape index (κ2) is 5.71. The molecule has 0 radical (unpaired) electrons. The summed E-state index contributed by atoms with van der Waals surface area (Å²) in [5, 5.41) is 0. The van der Waals surface area contributed by atoms with Gasteiger partial charge < -0.3 is 9.47 Å². The molecule has 0 spiro atoms. The highest BCUT2D eigenvalue weighted by molar-refractivity contribution is 6.07. The van der Waals surface area contributed by atoms with Gasteiger partial charge in [0.1, 0.15) is 29.7 Å². The van der Waals surface area contributed by atoms with Crippen LogP contribution in [0.25, 0.3) is 0 Å². The SMILES string of the molecule is c1ccc2c(c1)C[C@@H]1OC(C3(C4=N[C@@H]5c6ccccc6C[C@@H]5O4)CCCC3)=N[C@H]21. The first-order chi connectivity index (χ1) is 14.3. The fraction of sp³-hybridized carbons (Fsp3) is 0.440. The quantitative estimate of drug-likeness (QED) is 0.751. The second-order valence-electron chi connectivity index (χ2n) is 9.17. The van der Waals surface area contributed by atoms with E-state index in [0.29, 0.717) is 0 Å². The lowest BCUT2D eigenvalue weighted by Crippen LogP contribution is -2.39. The first-order valence-corrected chi connectivity index (χ1v) is 11.0. The maximum Gasteiger partial charge on any atom is 0.200 e. The fourth-order valence-electron chi connectivity index (χ4n) is 6.16. The van der Waals surface area contributed by atoms with Crippen molar-refractivity contribution in [3.63, 3.8) is 0 Å². The fourth-order valence-corrected chi connectivity index (χ4v) is 6.16. The van der Waals surface area contributed by atoms with E-state index in [1.54, 1.807) is 0 Å². The minimum absolute atomic E-state index is 0.140.